The number of methoxy groups -OCH3 is 1. The Labute approximate surface area is 80.2 Å². The standard InChI is InChI=1S/C8H18N2O2S/c1-9-8-3-6-13(11,7-8)10-4-5-12-2/h8-9H,3-7H2,1-2H3. The molecule has 1 rings (SSSR count). The van der Waals surface area contributed by atoms with Gasteiger partial charge in [0.25, 0.3) is 0 Å². The van der Waals surface area contributed by atoms with Crippen molar-refractivity contribution in [2.75, 3.05) is 38.8 Å². The zero-order chi connectivity index (χ0) is 9.73. The molecule has 1 saturated heterocycles. The fourth-order valence-corrected chi connectivity index (χ4v) is 3.87. The number of ether oxygens (including phenoxy) is 1. The lowest BCUT2D eigenvalue weighted by molar-refractivity contribution is 0.208. The zero-order valence-electron chi connectivity index (χ0n) is 8.28. The van der Waals surface area contributed by atoms with E-state index in [1.807, 2.05) is 7.05 Å². The molecule has 2 unspecified atom stereocenters. The normalized spacial score (nSPS) is 33.5. The van der Waals surface area contributed by atoms with Crippen molar-refractivity contribution in [3.63, 3.8) is 0 Å². The molecule has 1 aliphatic rings. The maximum Gasteiger partial charge on any atom is 0.0718 e. The molecule has 1 aliphatic heterocycles. The van der Waals surface area contributed by atoms with Crippen LogP contribution in [0.1, 0.15) is 6.42 Å². The Morgan fingerprint density at radius 3 is 3.00 bits per heavy atom. The van der Waals surface area contributed by atoms with E-state index in [0.29, 0.717) is 24.9 Å². The molecule has 0 aliphatic carbocycles. The maximum atomic E-state index is 12.0. The van der Waals surface area contributed by atoms with E-state index in [9.17, 15) is 4.21 Å². The van der Waals surface area contributed by atoms with Crippen LogP contribution in [0.15, 0.2) is 4.36 Å². The Kier molecular flexibility index (Phi) is 4.15. The SMILES string of the molecule is CNC1CCS(=O)(=NCCOC)C1. The molecule has 5 heteroatoms. The number of rotatable bonds is 4. The van der Waals surface area contributed by atoms with Gasteiger partial charge in [-0.1, -0.05) is 0 Å². The number of hydrogen-bond acceptors (Lipinski definition) is 4. The van der Waals surface area contributed by atoms with Gasteiger partial charge in [-0.15, -0.1) is 0 Å². The molecule has 78 valence electrons. The summed E-state index contributed by atoms with van der Waals surface area (Å²) >= 11 is 0. The summed E-state index contributed by atoms with van der Waals surface area (Å²) in [6.45, 7) is 1.13. The second kappa shape index (κ2) is 4.93. The van der Waals surface area contributed by atoms with E-state index in [2.05, 4.69) is 9.68 Å². The van der Waals surface area contributed by atoms with Crippen LogP contribution >= 0.6 is 0 Å². The van der Waals surface area contributed by atoms with Gasteiger partial charge in [-0.05, 0) is 13.5 Å². The van der Waals surface area contributed by atoms with Crippen LogP contribution in [0.25, 0.3) is 0 Å². The highest BCUT2D eigenvalue weighted by molar-refractivity contribution is 7.93. The third kappa shape index (κ3) is 3.25. The molecule has 1 N–H and O–H groups in total. The van der Waals surface area contributed by atoms with Gasteiger partial charge >= 0.3 is 0 Å². The third-order valence-electron chi connectivity index (χ3n) is 2.28. The number of hydrogen-bond donors (Lipinski definition) is 1. The third-order valence-corrected chi connectivity index (χ3v) is 4.73. The van der Waals surface area contributed by atoms with E-state index < -0.39 is 9.73 Å². The van der Waals surface area contributed by atoms with Crippen molar-refractivity contribution in [1.29, 1.82) is 0 Å². The summed E-state index contributed by atoms with van der Waals surface area (Å²) in [7, 11) is 1.64. The zero-order valence-corrected chi connectivity index (χ0v) is 9.10. The molecule has 0 radical (unpaired) electrons. The van der Waals surface area contributed by atoms with Gasteiger partial charge in [0.2, 0.25) is 0 Å². The number of nitrogens with one attached hydrogen (secondary N) is 1. The molecule has 1 heterocycles. The highest BCUT2D eigenvalue weighted by Gasteiger charge is 2.24. The van der Waals surface area contributed by atoms with E-state index in [1.165, 1.54) is 0 Å². The molecule has 0 spiro atoms. The smallest absolute Gasteiger partial charge is 0.0718 e. The Morgan fingerprint density at radius 2 is 2.46 bits per heavy atom. The van der Waals surface area contributed by atoms with Crippen LogP contribution in [0, 0.1) is 0 Å². The molecule has 0 aromatic rings. The van der Waals surface area contributed by atoms with Crippen molar-refractivity contribution < 1.29 is 8.95 Å². The predicted molar refractivity (Wildman–Crippen MR) is 54.5 cm³/mol. The van der Waals surface area contributed by atoms with Crippen molar-refractivity contribution in [1.82, 2.24) is 5.32 Å². The Bertz CT molecular complexity index is 259. The van der Waals surface area contributed by atoms with Crippen molar-refractivity contribution in [3.8, 4) is 0 Å². The molecule has 0 amide bonds. The summed E-state index contributed by atoms with van der Waals surface area (Å²) in [5, 5.41) is 3.14. The summed E-state index contributed by atoms with van der Waals surface area (Å²) in [4.78, 5) is 0. The van der Waals surface area contributed by atoms with Crippen LogP contribution < -0.4 is 5.32 Å². The number of nitrogens with zero attached hydrogens (tertiary/aromatic N) is 1. The first-order chi connectivity index (χ1) is 6.20. The molecule has 0 bridgehead atoms. The largest absolute Gasteiger partial charge is 0.383 e. The highest BCUT2D eigenvalue weighted by Crippen LogP contribution is 2.13. The Morgan fingerprint density at radius 1 is 1.69 bits per heavy atom. The molecule has 0 saturated carbocycles. The average Bonchev–Trinajstić information content (AvgIpc) is 2.49. The minimum absolute atomic E-state index is 0.388. The molecule has 4 nitrogen and oxygen atoms in total. The van der Waals surface area contributed by atoms with Gasteiger partial charge < -0.3 is 10.1 Å². The van der Waals surface area contributed by atoms with E-state index in [4.69, 9.17) is 4.74 Å². The monoisotopic (exact) mass is 206 g/mol. The van der Waals surface area contributed by atoms with Crippen molar-refractivity contribution >= 4 is 9.73 Å². The molecule has 2 atom stereocenters. The van der Waals surface area contributed by atoms with Crippen molar-refractivity contribution in [3.05, 3.63) is 0 Å². The minimum Gasteiger partial charge on any atom is -0.383 e. The van der Waals surface area contributed by atoms with Gasteiger partial charge in [0, 0.05) is 34.4 Å². The molecular weight excluding hydrogens is 188 g/mol. The van der Waals surface area contributed by atoms with Crippen LogP contribution in [-0.4, -0.2) is 49.1 Å². The van der Waals surface area contributed by atoms with E-state index in [0.717, 1.165) is 12.2 Å². The summed E-state index contributed by atoms with van der Waals surface area (Å²) in [5.41, 5.74) is 0. The summed E-state index contributed by atoms with van der Waals surface area (Å²) in [6.07, 6.45) is 0.978. The van der Waals surface area contributed by atoms with E-state index in [-0.39, 0.29) is 0 Å². The Balaban J connectivity index is 2.48. The van der Waals surface area contributed by atoms with E-state index in [1.54, 1.807) is 7.11 Å². The average molecular weight is 206 g/mol. The van der Waals surface area contributed by atoms with Crippen LogP contribution in [-0.2, 0) is 14.5 Å². The van der Waals surface area contributed by atoms with Gasteiger partial charge in [0.1, 0.15) is 0 Å². The molecule has 13 heavy (non-hydrogen) atoms. The molecule has 0 aromatic carbocycles. The first kappa shape index (κ1) is 10.9. The lowest BCUT2D eigenvalue weighted by Gasteiger charge is -2.04. The van der Waals surface area contributed by atoms with Crippen molar-refractivity contribution in [2.45, 2.75) is 12.5 Å². The van der Waals surface area contributed by atoms with Crippen LogP contribution in [0.3, 0.4) is 0 Å². The first-order valence-corrected chi connectivity index (χ1v) is 6.40. The topological polar surface area (TPSA) is 50.7 Å². The maximum absolute atomic E-state index is 12.0. The highest BCUT2D eigenvalue weighted by atomic mass is 32.2. The summed E-state index contributed by atoms with van der Waals surface area (Å²) in [6, 6.07) is 0.388. The molecular formula is C8H18N2O2S. The van der Waals surface area contributed by atoms with Gasteiger partial charge in [-0.3, -0.25) is 0 Å². The van der Waals surface area contributed by atoms with Gasteiger partial charge in [-0.25, -0.2) is 8.57 Å². The second-order valence-electron chi connectivity index (χ2n) is 3.26. The minimum atomic E-state index is -1.90. The quantitative estimate of drug-likeness (QED) is 0.663. The van der Waals surface area contributed by atoms with E-state index >= 15 is 0 Å². The predicted octanol–water partition coefficient (Wildman–Crippen LogP) is 0.0925. The van der Waals surface area contributed by atoms with Gasteiger partial charge in [0.15, 0.2) is 0 Å². The second-order valence-corrected chi connectivity index (χ2v) is 5.81. The fourth-order valence-electron chi connectivity index (χ4n) is 1.45. The lowest BCUT2D eigenvalue weighted by Crippen LogP contribution is -2.25. The lowest BCUT2D eigenvalue weighted by atomic mass is 10.3. The molecule has 1 fully saturated rings. The van der Waals surface area contributed by atoms with Crippen LogP contribution in [0.4, 0.5) is 0 Å². The molecule has 0 aromatic heterocycles. The Hall–Kier alpha value is -0.130. The first-order valence-electron chi connectivity index (χ1n) is 4.54. The van der Waals surface area contributed by atoms with Gasteiger partial charge in [-0.2, -0.15) is 0 Å². The van der Waals surface area contributed by atoms with Crippen LogP contribution in [0.5, 0.6) is 0 Å². The van der Waals surface area contributed by atoms with Crippen LogP contribution in [0.2, 0.25) is 0 Å². The van der Waals surface area contributed by atoms with Gasteiger partial charge in [0.05, 0.1) is 13.2 Å². The summed E-state index contributed by atoms with van der Waals surface area (Å²) < 4.78 is 21.0. The fraction of sp³-hybridized carbons (Fsp3) is 1.00. The summed E-state index contributed by atoms with van der Waals surface area (Å²) in [5.74, 6) is 1.44. The van der Waals surface area contributed by atoms with Crippen molar-refractivity contribution in [2.24, 2.45) is 4.36 Å².